The Morgan fingerprint density at radius 2 is 1.65 bits per heavy atom. The first kappa shape index (κ1) is 9.84. The summed E-state index contributed by atoms with van der Waals surface area (Å²) in [6.45, 7) is 1.97. The molecule has 0 saturated carbocycles. The predicted octanol–water partition coefficient (Wildman–Crippen LogP) is 2.61. The number of hydrogen-bond acceptors (Lipinski definition) is 3. The zero-order valence-corrected chi connectivity index (χ0v) is 9.46. The number of hydrogen-bond donors (Lipinski definition) is 1. The molecule has 2 aromatic heterocycles. The Hall–Kier alpha value is -2.36. The summed E-state index contributed by atoms with van der Waals surface area (Å²) in [5.74, 6) is 0.766. The Labute approximate surface area is 98.9 Å². The quantitative estimate of drug-likeness (QED) is 0.727. The van der Waals surface area contributed by atoms with E-state index in [-0.39, 0.29) is 0 Å². The van der Waals surface area contributed by atoms with Crippen LogP contribution in [0.4, 0.5) is 5.82 Å². The lowest BCUT2D eigenvalue weighted by molar-refractivity contribution is 0.918. The van der Waals surface area contributed by atoms with Crippen LogP contribution in [0.25, 0.3) is 10.8 Å². The number of rotatable bonds is 2. The van der Waals surface area contributed by atoms with E-state index in [4.69, 9.17) is 0 Å². The summed E-state index contributed by atoms with van der Waals surface area (Å²) >= 11 is 0. The van der Waals surface area contributed by atoms with Crippen molar-refractivity contribution in [1.82, 2.24) is 14.9 Å². The topological polar surface area (TPSA) is 42.7 Å². The van der Waals surface area contributed by atoms with Gasteiger partial charge in [0.2, 0.25) is 0 Å². The summed E-state index contributed by atoms with van der Waals surface area (Å²) in [4.78, 5) is 0. The van der Waals surface area contributed by atoms with E-state index >= 15 is 0 Å². The molecule has 1 aromatic carbocycles. The number of aryl methyl sites for hydroxylation is 1. The zero-order chi connectivity index (χ0) is 11.7. The monoisotopic (exact) mass is 224 g/mol. The van der Waals surface area contributed by atoms with Crippen molar-refractivity contribution in [2.24, 2.45) is 0 Å². The summed E-state index contributed by atoms with van der Waals surface area (Å²) in [7, 11) is 0. The van der Waals surface area contributed by atoms with E-state index in [0.717, 1.165) is 22.3 Å². The molecule has 1 N–H and O–H groups in total. The Morgan fingerprint density at radius 1 is 0.941 bits per heavy atom. The Balaban J connectivity index is 2.14. The molecule has 0 saturated heterocycles. The van der Waals surface area contributed by atoms with Crippen LogP contribution in [0.2, 0.25) is 0 Å². The smallest absolute Gasteiger partial charge is 0.175 e. The van der Waals surface area contributed by atoms with Crippen molar-refractivity contribution in [3.8, 4) is 0 Å². The summed E-state index contributed by atoms with van der Waals surface area (Å²) < 4.78 is 1.85. The zero-order valence-electron chi connectivity index (χ0n) is 9.46. The molecule has 17 heavy (non-hydrogen) atoms. The molecule has 0 fully saturated rings. The van der Waals surface area contributed by atoms with Gasteiger partial charge in [-0.25, -0.2) is 0 Å². The molecule has 0 aliphatic carbocycles. The van der Waals surface area contributed by atoms with Gasteiger partial charge < -0.3 is 0 Å². The van der Waals surface area contributed by atoms with E-state index in [1.165, 1.54) is 0 Å². The van der Waals surface area contributed by atoms with E-state index in [1.807, 2.05) is 54.3 Å². The lowest BCUT2D eigenvalue weighted by Crippen LogP contribution is -2.09. The fourth-order valence-electron chi connectivity index (χ4n) is 1.85. The maximum Gasteiger partial charge on any atom is 0.175 e. The lowest BCUT2D eigenvalue weighted by atomic mass is 10.1. The molecule has 3 aromatic rings. The van der Waals surface area contributed by atoms with Gasteiger partial charge >= 0.3 is 0 Å². The molecular formula is C13H12N4. The van der Waals surface area contributed by atoms with E-state index in [2.05, 4.69) is 21.7 Å². The van der Waals surface area contributed by atoms with Crippen LogP contribution in [0, 0.1) is 6.92 Å². The molecule has 0 bridgehead atoms. The van der Waals surface area contributed by atoms with Gasteiger partial charge in [-0.15, -0.1) is 5.10 Å². The molecule has 0 aliphatic rings. The molecule has 0 spiro atoms. The van der Waals surface area contributed by atoms with Gasteiger partial charge in [-0.1, -0.05) is 24.3 Å². The first-order chi connectivity index (χ1) is 8.34. The molecule has 4 nitrogen and oxygen atoms in total. The maximum atomic E-state index is 4.20. The average molecular weight is 224 g/mol. The summed E-state index contributed by atoms with van der Waals surface area (Å²) in [6, 6.07) is 12.0. The minimum Gasteiger partial charge on any atom is -0.276 e. The Morgan fingerprint density at radius 3 is 2.41 bits per heavy atom. The fourth-order valence-corrected chi connectivity index (χ4v) is 1.85. The van der Waals surface area contributed by atoms with Crippen LogP contribution < -0.4 is 5.43 Å². The van der Waals surface area contributed by atoms with E-state index in [9.17, 15) is 0 Å². The first-order valence-electron chi connectivity index (χ1n) is 5.46. The predicted molar refractivity (Wildman–Crippen MR) is 67.7 cm³/mol. The Kier molecular flexibility index (Phi) is 2.26. The highest BCUT2D eigenvalue weighted by molar-refractivity contribution is 5.92. The SMILES string of the molecule is Cc1nnc(Nn2cccc2)c2ccccc12. The van der Waals surface area contributed by atoms with Crippen molar-refractivity contribution in [2.45, 2.75) is 6.92 Å². The Bertz CT molecular complexity index is 644. The van der Waals surface area contributed by atoms with Crippen molar-refractivity contribution in [3.05, 3.63) is 54.5 Å². The van der Waals surface area contributed by atoms with Crippen molar-refractivity contribution in [3.63, 3.8) is 0 Å². The highest BCUT2D eigenvalue weighted by Gasteiger charge is 2.05. The third kappa shape index (κ3) is 1.73. The highest BCUT2D eigenvalue weighted by atomic mass is 15.4. The molecule has 3 rings (SSSR count). The number of aromatic nitrogens is 3. The van der Waals surface area contributed by atoms with Crippen LogP contribution in [0.5, 0.6) is 0 Å². The van der Waals surface area contributed by atoms with Gasteiger partial charge in [0.25, 0.3) is 0 Å². The minimum absolute atomic E-state index is 0.766. The summed E-state index contributed by atoms with van der Waals surface area (Å²) in [6.07, 6.45) is 3.85. The van der Waals surface area contributed by atoms with Crippen LogP contribution >= 0.6 is 0 Å². The number of nitrogens with zero attached hydrogens (tertiary/aromatic N) is 3. The molecule has 0 aliphatic heterocycles. The molecule has 0 radical (unpaired) electrons. The molecule has 84 valence electrons. The average Bonchev–Trinajstić information content (AvgIpc) is 2.86. The first-order valence-corrected chi connectivity index (χ1v) is 5.46. The van der Waals surface area contributed by atoms with Gasteiger partial charge in [0, 0.05) is 23.2 Å². The molecule has 0 unspecified atom stereocenters. The van der Waals surface area contributed by atoms with Gasteiger partial charge in [-0.3, -0.25) is 10.1 Å². The van der Waals surface area contributed by atoms with E-state index < -0.39 is 0 Å². The molecule has 0 atom stereocenters. The maximum absolute atomic E-state index is 4.20. The van der Waals surface area contributed by atoms with Crippen molar-refractivity contribution < 1.29 is 0 Å². The second-order valence-corrected chi connectivity index (χ2v) is 3.88. The van der Waals surface area contributed by atoms with Gasteiger partial charge in [-0.05, 0) is 19.1 Å². The van der Waals surface area contributed by atoms with Crippen LogP contribution in [-0.4, -0.2) is 14.9 Å². The van der Waals surface area contributed by atoms with Crippen LogP contribution in [0.15, 0.2) is 48.8 Å². The second-order valence-electron chi connectivity index (χ2n) is 3.88. The molecule has 4 heteroatoms. The van der Waals surface area contributed by atoms with Gasteiger partial charge in [0.1, 0.15) is 0 Å². The van der Waals surface area contributed by atoms with E-state index in [0.29, 0.717) is 0 Å². The second kappa shape index (κ2) is 3.90. The third-order valence-corrected chi connectivity index (χ3v) is 2.71. The minimum atomic E-state index is 0.766. The van der Waals surface area contributed by atoms with Crippen LogP contribution in [-0.2, 0) is 0 Å². The van der Waals surface area contributed by atoms with E-state index in [1.54, 1.807) is 0 Å². The van der Waals surface area contributed by atoms with Crippen molar-refractivity contribution in [1.29, 1.82) is 0 Å². The molecule has 0 amide bonds. The number of benzene rings is 1. The van der Waals surface area contributed by atoms with Crippen LogP contribution in [0.1, 0.15) is 5.69 Å². The fraction of sp³-hybridized carbons (Fsp3) is 0.0769. The molecule has 2 heterocycles. The molecular weight excluding hydrogens is 212 g/mol. The van der Waals surface area contributed by atoms with Gasteiger partial charge in [-0.2, -0.15) is 5.10 Å². The number of nitrogens with one attached hydrogen (secondary N) is 1. The number of anilines is 1. The normalized spacial score (nSPS) is 10.6. The van der Waals surface area contributed by atoms with Gasteiger partial charge in [0.15, 0.2) is 5.82 Å². The summed E-state index contributed by atoms with van der Waals surface area (Å²) in [5.41, 5.74) is 4.14. The van der Waals surface area contributed by atoms with Crippen molar-refractivity contribution in [2.75, 3.05) is 5.43 Å². The number of fused-ring (bicyclic) bond motifs is 1. The largest absolute Gasteiger partial charge is 0.276 e. The van der Waals surface area contributed by atoms with Gasteiger partial charge in [0.05, 0.1) is 5.69 Å². The highest BCUT2D eigenvalue weighted by Crippen LogP contribution is 2.22. The van der Waals surface area contributed by atoms with Crippen LogP contribution in [0.3, 0.4) is 0 Å². The standard InChI is InChI=1S/C13H12N4/c1-10-11-6-2-3-7-12(11)13(15-14-10)16-17-8-4-5-9-17/h2-9H,1H3,(H,15,16). The summed E-state index contributed by atoms with van der Waals surface area (Å²) in [5, 5.41) is 10.6. The third-order valence-electron chi connectivity index (χ3n) is 2.71. The van der Waals surface area contributed by atoms with Crippen molar-refractivity contribution >= 4 is 16.6 Å². The lowest BCUT2D eigenvalue weighted by Gasteiger charge is -2.09.